The molecule has 8 heteroatoms. The van der Waals surface area contributed by atoms with Crippen molar-refractivity contribution < 1.29 is 18.7 Å². The minimum absolute atomic E-state index is 0.145. The zero-order chi connectivity index (χ0) is 17.8. The highest BCUT2D eigenvalue weighted by Crippen LogP contribution is 2.25. The monoisotopic (exact) mass is 346 g/mol. The van der Waals surface area contributed by atoms with Crippen LogP contribution in [0.1, 0.15) is 54.9 Å². The molecule has 1 atom stereocenters. The van der Waals surface area contributed by atoms with Gasteiger partial charge in [0.2, 0.25) is 17.7 Å². The van der Waals surface area contributed by atoms with E-state index >= 15 is 0 Å². The zero-order valence-corrected chi connectivity index (χ0v) is 14.6. The van der Waals surface area contributed by atoms with Crippen molar-refractivity contribution in [3.05, 3.63) is 35.7 Å². The van der Waals surface area contributed by atoms with E-state index in [0.29, 0.717) is 49.5 Å². The van der Waals surface area contributed by atoms with Crippen molar-refractivity contribution in [2.45, 2.75) is 32.8 Å². The van der Waals surface area contributed by atoms with Crippen molar-refractivity contribution in [1.82, 2.24) is 20.1 Å². The molecule has 3 heterocycles. The second-order valence-electron chi connectivity index (χ2n) is 6.03. The highest BCUT2D eigenvalue weighted by atomic mass is 16.5. The Morgan fingerprint density at radius 1 is 1.44 bits per heavy atom. The van der Waals surface area contributed by atoms with Crippen LogP contribution in [-0.4, -0.2) is 52.3 Å². The van der Waals surface area contributed by atoms with Gasteiger partial charge in [-0.3, -0.25) is 4.79 Å². The minimum atomic E-state index is -0.426. The Morgan fingerprint density at radius 2 is 2.28 bits per heavy atom. The molecule has 1 unspecified atom stereocenters. The van der Waals surface area contributed by atoms with Crippen LogP contribution in [0.3, 0.4) is 0 Å². The summed E-state index contributed by atoms with van der Waals surface area (Å²) in [7, 11) is 0. The van der Waals surface area contributed by atoms with E-state index in [9.17, 15) is 4.79 Å². The Bertz CT molecular complexity index is 731. The first-order chi connectivity index (χ1) is 12.1. The van der Waals surface area contributed by atoms with E-state index in [1.807, 2.05) is 20.8 Å². The maximum atomic E-state index is 12.9. The second-order valence-corrected chi connectivity index (χ2v) is 6.03. The summed E-state index contributed by atoms with van der Waals surface area (Å²) in [5.41, 5.74) is 0.443. The van der Waals surface area contributed by atoms with Crippen molar-refractivity contribution in [3.8, 4) is 5.88 Å². The third-order valence-corrected chi connectivity index (χ3v) is 3.86. The van der Waals surface area contributed by atoms with Gasteiger partial charge in [0.05, 0.1) is 19.8 Å². The lowest BCUT2D eigenvalue weighted by molar-refractivity contribution is -0.0352. The number of rotatable bonds is 5. The summed E-state index contributed by atoms with van der Waals surface area (Å²) >= 11 is 0. The molecule has 0 radical (unpaired) electrons. The topological polar surface area (TPSA) is 90.6 Å². The quantitative estimate of drug-likeness (QED) is 0.819. The van der Waals surface area contributed by atoms with E-state index in [1.165, 1.54) is 0 Å². The molecule has 0 spiro atoms. The Kier molecular flexibility index (Phi) is 5.28. The fraction of sp³-hybridized carbons (Fsp3) is 0.529. The predicted octanol–water partition coefficient (Wildman–Crippen LogP) is 2.20. The van der Waals surface area contributed by atoms with Crippen LogP contribution in [0, 0.1) is 0 Å². The number of morpholine rings is 1. The van der Waals surface area contributed by atoms with Gasteiger partial charge in [-0.1, -0.05) is 13.8 Å². The van der Waals surface area contributed by atoms with Crippen molar-refractivity contribution in [1.29, 1.82) is 0 Å². The highest BCUT2D eigenvalue weighted by Gasteiger charge is 2.31. The van der Waals surface area contributed by atoms with Crippen molar-refractivity contribution >= 4 is 5.91 Å². The lowest BCUT2D eigenvalue weighted by Crippen LogP contribution is -2.42. The molecule has 0 N–H and O–H groups in total. The average molecular weight is 346 g/mol. The number of nitrogens with zero attached hydrogens (tertiary/aromatic N) is 4. The standard InChI is InChI=1S/C17H22N4O4/c1-4-23-15-12(6-5-7-18-15)17(22)21-8-9-24-13(10-21)16-20-19-14(25-16)11(2)3/h5-7,11,13H,4,8-10H2,1-3H3. The maximum Gasteiger partial charge on any atom is 0.259 e. The van der Waals surface area contributed by atoms with E-state index in [1.54, 1.807) is 23.2 Å². The van der Waals surface area contributed by atoms with Crippen molar-refractivity contribution in [2.75, 3.05) is 26.3 Å². The first-order valence-electron chi connectivity index (χ1n) is 8.42. The molecule has 3 rings (SSSR count). The summed E-state index contributed by atoms with van der Waals surface area (Å²) in [4.78, 5) is 18.7. The summed E-state index contributed by atoms with van der Waals surface area (Å²) in [6, 6.07) is 3.44. The molecule has 0 saturated carbocycles. The Morgan fingerprint density at radius 3 is 3.00 bits per heavy atom. The average Bonchev–Trinajstić information content (AvgIpc) is 3.13. The van der Waals surface area contributed by atoms with Gasteiger partial charge in [0.25, 0.3) is 5.91 Å². The largest absolute Gasteiger partial charge is 0.477 e. The summed E-state index contributed by atoms with van der Waals surface area (Å²) in [6.45, 7) is 7.50. The van der Waals surface area contributed by atoms with E-state index in [2.05, 4.69) is 15.2 Å². The summed E-state index contributed by atoms with van der Waals surface area (Å²) in [5, 5.41) is 8.09. The number of pyridine rings is 1. The van der Waals surface area contributed by atoms with Crippen LogP contribution in [0.4, 0.5) is 0 Å². The molecular weight excluding hydrogens is 324 g/mol. The number of carbonyl (C=O) groups excluding carboxylic acids is 1. The number of carbonyl (C=O) groups is 1. The van der Waals surface area contributed by atoms with E-state index in [0.717, 1.165) is 0 Å². The summed E-state index contributed by atoms with van der Waals surface area (Å²) in [6.07, 6.45) is 1.18. The number of aromatic nitrogens is 3. The fourth-order valence-corrected chi connectivity index (χ4v) is 2.57. The molecule has 1 saturated heterocycles. The minimum Gasteiger partial charge on any atom is -0.477 e. The molecule has 8 nitrogen and oxygen atoms in total. The van der Waals surface area contributed by atoms with Gasteiger partial charge < -0.3 is 18.8 Å². The molecule has 1 fully saturated rings. The van der Waals surface area contributed by atoms with Crippen LogP contribution in [0.2, 0.25) is 0 Å². The normalized spacial score (nSPS) is 17.8. The maximum absolute atomic E-state index is 12.9. The molecule has 134 valence electrons. The molecule has 1 aliphatic heterocycles. The molecule has 0 bridgehead atoms. The first-order valence-corrected chi connectivity index (χ1v) is 8.42. The lowest BCUT2D eigenvalue weighted by Gasteiger charge is -2.31. The van der Waals surface area contributed by atoms with Gasteiger partial charge in [-0.2, -0.15) is 0 Å². The smallest absolute Gasteiger partial charge is 0.259 e. The number of ether oxygens (including phenoxy) is 2. The van der Waals surface area contributed by atoms with Gasteiger partial charge in [0, 0.05) is 18.7 Å². The van der Waals surface area contributed by atoms with Crippen LogP contribution in [0.5, 0.6) is 5.88 Å². The van der Waals surface area contributed by atoms with Crippen molar-refractivity contribution in [3.63, 3.8) is 0 Å². The summed E-state index contributed by atoms with van der Waals surface area (Å²) in [5.74, 6) is 1.31. The number of amides is 1. The second kappa shape index (κ2) is 7.60. The molecule has 2 aromatic heterocycles. The van der Waals surface area contributed by atoms with Gasteiger partial charge in [-0.15, -0.1) is 10.2 Å². The predicted molar refractivity (Wildman–Crippen MR) is 88.4 cm³/mol. The highest BCUT2D eigenvalue weighted by molar-refractivity contribution is 5.96. The molecular formula is C17H22N4O4. The first kappa shape index (κ1) is 17.3. The molecule has 25 heavy (non-hydrogen) atoms. The molecule has 0 aromatic carbocycles. The van der Waals surface area contributed by atoms with E-state index < -0.39 is 6.10 Å². The third kappa shape index (κ3) is 3.79. The Hall–Kier alpha value is -2.48. The van der Waals surface area contributed by atoms with Crippen LogP contribution >= 0.6 is 0 Å². The van der Waals surface area contributed by atoms with Crippen LogP contribution in [-0.2, 0) is 4.74 Å². The lowest BCUT2D eigenvalue weighted by atomic mass is 10.2. The van der Waals surface area contributed by atoms with Gasteiger partial charge in [-0.25, -0.2) is 4.98 Å². The van der Waals surface area contributed by atoms with Crippen LogP contribution in [0.25, 0.3) is 0 Å². The molecule has 2 aromatic rings. The summed E-state index contributed by atoms with van der Waals surface area (Å²) < 4.78 is 16.8. The number of hydrogen-bond donors (Lipinski definition) is 0. The third-order valence-electron chi connectivity index (χ3n) is 3.86. The Balaban J connectivity index is 1.75. The van der Waals surface area contributed by atoms with Crippen molar-refractivity contribution in [2.24, 2.45) is 0 Å². The Labute approximate surface area is 146 Å². The SMILES string of the molecule is CCOc1ncccc1C(=O)N1CCOC(c2nnc(C(C)C)o2)C1. The van der Waals surface area contributed by atoms with Gasteiger partial charge in [0.1, 0.15) is 5.56 Å². The molecule has 1 amide bonds. The van der Waals surface area contributed by atoms with E-state index in [4.69, 9.17) is 13.9 Å². The van der Waals surface area contributed by atoms with Crippen LogP contribution < -0.4 is 4.74 Å². The van der Waals surface area contributed by atoms with Crippen LogP contribution in [0.15, 0.2) is 22.7 Å². The number of hydrogen-bond acceptors (Lipinski definition) is 7. The molecule has 1 aliphatic rings. The van der Waals surface area contributed by atoms with Gasteiger partial charge in [-0.05, 0) is 19.1 Å². The molecule has 0 aliphatic carbocycles. The van der Waals surface area contributed by atoms with Gasteiger partial charge >= 0.3 is 0 Å². The zero-order valence-electron chi connectivity index (χ0n) is 14.6. The van der Waals surface area contributed by atoms with E-state index in [-0.39, 0.29) is 11.8 Å². The fourth-order valence-electron chi connectivity index (χ4n) is 2.57. The van der Waals surface area contributed by atoms with Gasteiger partial charge in [0.15, 0.2) is 6.10 Å².